The number of aliphatic hydroxyl groups excluding tert-OH is 1. The molecule has 5 nitrogen and oxygen atoms in total. The van der Waals surface area contributed by atoms with Crippen LogP contribution in [-0.2, 0) is 6.54 Å². The largest absolute Gasteiger partial charge is 0.395 e. The van der Waals surface area contributed by atoms with Gasteiger partial charge >= 0.3 is 0 Å². The number of aliphatic hydroxyl groups is 1. The standard InChI is InChI=1S/C24H33FN4O/c1-28-21(17-30)14-18(24(28)22-7-2-3-8-23(22)25)15-27-19-9-12-29(13-10-19)16-20-6-4-5-11-26-20/h2-8,11,18-19,21,24,27,30H,9-10,12-17H2,1H3/t18-,21+,24-/m1/s1. The fraction of sp³-hybridized carbons (Fsp3) is 0.542. The Hall–Kier alpha value is -1.86. The van der Waals surface area contributed by atoms with E-state index in [9.17, 15) is 9.50 Å². The molecule has 2 fully saturated rings. The smallest absolute Gasteiger partial charge is 0.127 e. The molecule has 2 aromatic rings. The Morgan fingerprint density at radius 3 is 2.60 bits per heavy atom. The number of benzene rings is 1. The maximum absolute atomic E-state index is 14.5. The number of pyridine rings is 1. The van der Waals surface area contributed by atoms with Crippen LogP contribution in [0.3, 0.4) is 0 Å². The third-order valence-corrected chi connectivity index (χ3v) is 6.84. The maximum atomic E-state index is 14.5. The van der Waals surface area contributed by atoms with Gasteiger partial charge in [0.05, 0.1) is 12.3 Å². The highest BCUT2D eigenvalue weighted by Crippen LogP contribution is 2.40. The van der Waals surface area contributed by atoms with Gasteiger partial charge in [-0.25, -0.2) is 4.39 Å². The zero-order chi connectivity index (χ0) is 20.9. The molecule has 0 saturated carbocycles. The molecule has 4 rings (SSSR count). The number of halogens is 1. The predicted molar refractivity (Wildman–Crippen MR) is 116 cm³/mol. The van der Waals surface area contributed by atoms with Crippen molar-refractivity contribution in [3.05, 3.63) is 65.7 Å². The molecule has 3 heterocycles. The van der Waals surface area contributed by atoms with Crippen molar-refractivity contribution in [3.8, 4) is 0 Å². The molecule has 162 valence electrons. The van der Waals surface area contributed by atoms with Gasteiger partial charge in [0, 0.05) is 56.1 Å². The van der Waals surface area contributed by atoms with E-state index in [0.29, 0.717) is 6.04 Å². The lowest BCUT2D eigenvalue weighted by atomic mass is 9.92. The second-order valence-electron chi connectivity index (χ2n) is 8.74. The first-order chi connectivity index (χ1) is 14.7. The third-order valence-electron chi connectivity index (χ3n) is 6.84. The van der Waals surface area contributed by atoms with Gasteiger partial charge in [-0.05, 0) is 50.4 Å². The Morgan fingerprint density at radius 2 is 1.90 bits per heavy atom. The molecule has 0 spiro atoms. The molecule has 2 N–H and O–H groups in total. The Kier molecular flexibility index (Phi) is 7.10. The van der Waals surface area contributed by atoms with E-state index in [1.807, 2.05) is 37.5 Å². The Bertz CT molecular complexity index is 797. The molecule has 1 aromatic carbocycles. The van der Waals surface area contributed by atoms with E-state index in [1.54, 1.807) is 6.07 Å². The van der Waals surface area contributed by atoms with Gasteiger partial charge in [0.25, 0.3) is 0 Å². The molecular weight excluding hydrogens is 379 g/mol. The summed E-state index contributed by atoms with van der Waals surface area (Å²) < 4.78 is 14.5. The quantitative estimate of drug-likeness (QED) is 0.733. The molecular formula is C24H33FN4O. The van der Waals surface area contributed by atoms with Gasteiger partial charge in [0.2, 0.25) is 0 Å². The lowest BCUT2D eigenvalue weighted by molar-refractivity contribution is 0.149. The number of likely N-dealkylation sites (tertiary alicyclic amines) is 2. The average molecular weight is 413 g/mol. The van der Waals surface area contributed by atoms with E-state index < -0.39 is 0 Å². The molecule has 0 amide bonds. The zero-order valence-corrected chi connectivity index (χ0v) is 17.8. The van der Waals surface area contributed by atoms with Gasteiger partial charge in [-0.1, -0.05) is 24.3 Å². The van der Waals surface area contributed by atoms with Crippen molar-refractivity contribution >= 4 is 0 Å². The van der Waals surface area contributed by atoms with E-state index in [4.69, 9.17) is 0 Å². The minimum Gasteiger partial charge on any atom is -0.395 e. The molecule has 0 radical (unpaired) electrons. The number of nitrogens with zero attached hydrogens (tertiary/aromatic N) is 3. The van der Waals surface area contributed by atoms with Crippen molar-refractivity contribution < 1.29 is 9.50 Å². The second-order valence-corrected chi connectivity index (χ2v) is 8.74. The van der Waals surface area contributed by atoms with Crippen LogP contribution in [0.4, 0.5) is 4.39 Å². The highest BCUT2D eigenvalue weighted by molar-refractivity contribution is 5.24. The van der Waals surface area contributed by atoms with Crippen molar-refractivity contribution in [2.24, 2.45) is 5.92 Å². The van der Waals surface area contributed by atoms with Gasteiger partial charge in [-0.3, -0.25) is 14.8 Å². The van der Waals surface area contributed by atoms with Crippen LogP contribution in [0.2, 0.25) is 0 Å². The first-order valence-electron chi connectivity index (χ1n) is 11.1. The summed E-state index contributed by atoms with van der Waals surface area (Å²) in [5.74, 6) is 0.136. The van der Waals surface area contributed by atoms with Crippen LogP contribution in [0.5, 0.6) is 0 Å². The second kappa shape index (κ2) is 9.96. The first-order valence-corrected chi connectivity index (χ1v) is 11.1. The van der Waals surface area contributed by atoms with E-state index in [1.165, 1.54) is 6.07 Å². The SMILES string of the molecule is CN1[C@H](CO)C[C@H](CNC2CCN(Cc3ccccn3)CC2)[C@@H]1c1ccccc1F. The van der Waals surface area contributed by atoms with Crippen LogP contribution in [0, 0.1) is 11.7 Å². The number of rotatable bonds is 7. The summed E-state index contributed by atoms with van der Waals surface area (Å²) in [4.78, 5) is 9.05. The summed E-state index contributed by atoms with van der Waals surface area (Å²) in [5, 5.41) is 13.5. The van der Waals surface area contributed by atoms with Crippen LogP contribution in [0.25, 0.3) is 0 Å². The van der Waals surface area contributed by atoms with E-state index >= 15 is 0 Å². The number of likely N-dealkylation sites (N-methyl/N-ethyl adjacent to an activating group) is 1. The molecule has 2 saturated heterocycles. The summed E-state index contributed by atoms with van der Waals surface area (Å²) in [6.07, 6.45) is 4.97. The predicted octanol–water partition coefficient (Wildman–Crippen LogP) is 2.83. The molecule has 0 unspecified atom stereocenters. The van der Waals surface area contributed by atoms with Crippen molar-refractivity contribution in [3.63, 3.8) is 0 Å². The minimum atomic E-state index is -0.152. The van der Waals surface area contributed by atoms with E-state index in [0.717, 1.165) is 56.7 Å². The van der Waals surface area contributed by atoms with Gasteiger partial charge in [0.1, 0.15) is 5.82 Å². The fourth-order valence-corrected chi connectivity index (χ4v) is 5.12. The van der Waals surface area contributed by atoms with Crippen LogP contribution in [0.15, 0.2) is 48.7 Å². The van der Waals surface area contributed by atoms with Crippen LogP contribution in [0.1, 0.15) is 36.6 Å². The molecule has 1 aromatic heterocycles. The number of hydrogen-bond donors (Lipinski definition) is 2. The molecule has 2 aliphatic rings. The monoisotopic (exact) mass is 412 g/mol. The Balaban J connectivity index is 1.32. The maximum Gasteiger partial charge on any atom is 0.127 e. The van der Waals surface area contributed by atoms with Gasteiger partial charge in [-0.2, -0.15) is 0 Å². The fourth-order valence-electron chi connectivity index (χ4n) is 5.12. The number of nitrogens with one attached hydrogen (secondary N) is 1. The molecule has 3 atom stereocenters. The van der Waals surface area contributed by atoms with Gasteiger partial charge in [0.15, 0.2) is 0 Å². The lowest BCUT2D eigenvalue weighted by Gasteiger charge is -2.33. The highest BCUT2D eigenvalue weighted by Gasteiger charge is 2.40. The number of aromatic nitrogens is 1. The van der Waals surface area contributed by atoms with Crippen LogP contribution >= 0.6 is 0 Å². The molecule has 30 heavy (non-hydrogen) atoms. The Morgan fingerprint density at radius 1 is 1.13 bits per heavy atom. The number of piperidine rings is 1. The molecule has 2 aliphatic heterocycles. The van der Waals surface area contributed by atoms with Gasteiger partial charge in [-0.15, -0.1) is 0 Å². The van der Waals surface area contributed by atoms with Crippen molar-refractivity contribution in [2.45, 2.75) is 43.9 Å². The lowest BCUT2D eigenvalue weighted by Crippen LogP contribution is -2.44. The summed E-state index contributed by atoms with van der Waals surface area (Å²) in [6, 6.07) is 13.7. The number of hydrogen-bond acceptors (Lipinski definition) is 5. The zero-order valence-electron chi connectivity index (χ0n) is 17.8. The summed E-state index contributed by atoms with van der Waals surface area (Å²) in [7, 11) is 2.01. The summed E-state index contributed by atoms with van der Waals surface area (Å²) >= 11 is 0. The van der Waals surface area contributed by atoms with Crippen molar-refractivity contribution in [1.29, 1.82) is 0 Å². The topological polar surface area (TPSA) is 51.6 Å². The highest BCUT2D eigenvalue weighted by atomic mass is 19.1. The van der Waals surface area contributed by atoms with Gasteiger partial charge < -0.3 is 10.4 Å². The molecule has 0 bridgehead atoms. The third kappa shape index (κ3) is 4.89. The van der Waals surface area contributed by atoms with E-state index in [2.05, 4.69) is 26.2 Å². The Labute approximate surface area is 178 Å². The normalized spacial score (nSPS) is 26.3. The van der Waals surface area contributed by atoms with E-state index in [-0.39, 0.29) is 30.4 Å². The average Bonchev–Trinajstić information content (AvgIpc) is 3.09. The summed E-state index contributed by atoms with van der Waals surface area (Å²) in [5.41, 5.74) is 1.87. The van der Waals surface area contributed by atoms with Crippen LogP contribution in [-0.4, -0.2) is 65.3 Å². The van der Waals surface area contributed by atoms with Crippen molar-refractivity contribution in [1.82, 2.24) is 20.1 Å². The minimum absolute atomic E-state index is 0.0000871. The molecule has 6 heteroatoms. The summed E-state index contributed by atoms with van der Waals surface area (Å²) in [6.45, 7) is 4.01. The van der Waals surface area contributed by atoms with Crippen LogP contribution < -0.4 is 5.32 Å². The van der Waals surface area contributed by atoms with Crippen molar-refractivity contribution in [2.75, 3.05) is 33.3 Å². The first kappa shape index (κ1) is 21.4. The molecule has 0 aliphatic carbocycles.